The number of methoxy groups -OCH3 is 1. The lowest BCUT2D eigenvalue weighted by Gasteiger charge is -2.43. The fraction of sp³-hybridized carbons (Fsp3) is 0.478. The Morgan fingerprint density at radius 2 is 1.93 bits per heavy atom. The Balaban J connectivity index is 2.04. The van der Waals surface area contributed by atoms with Crippen LogP contribution in [0.5, 0.6) is 5.75 Å². The van der Waals surface area contributed by atoms with Gasteiger partial charge in [-0.25, -0.2) is 4.39 Å². The lowest BCUT2D eigenvalue weighted by atomic mass is 9.97. The normalized spacial score (nSPS) is 19.8. The fourth-order valence-electron chi connectivity index (χ4n) is 4.12. The zero-order valence-corrected chi connectivity index (χ0v) is 17.4. The molecular formula is C23H27F4NO2. The van der Waals surface area contributed by atoms with Gasteiger partial charge in [0.1, 0.15) is 11.6 Å². The second-order valence-corrected chi connectivity index (χ2v) is 7.45. The third kappa shape index (κ3) is 4.56. The number of hydrogen-bond donors (Lipinski definition) is 0. The number of nitrogens with zero attached hydrogens (tertiary/aromatic N) is 1. The molecule has 1 fully saturated rings. The number of rotatable bonds is 6. The van der Waals surface area contributed by atoms with Gasteiger partial charge in [-0.2, -0.15) is 13.2 Å². The van der Waals surface area contributed by atoms with Gasteiger partial charge in [-0.05, 0) is 36.6 Å². The summed E-state index contributed by atoms with van der Waals surface area (Å²) >= 11 is 0. The minimum absolute atomic E-state index is 0.0367. The van der Waals surface area contributed by atoms with Crippen molar-refractivity contribution in [3.63, 3.8) is 0 Å². The largest absolute Gasteiger partial charge is 0.495 e. The van der Waals surface area contributed by atoms with Crippen molar-refractivity contribution in [2.75, 3.05) is 25.2 Å². The molecular weight excluding hydrogens is 398 g/mol. The standard InChI is InChI=1S/C23H27F4NO2/c1-4-7-19-21(5-2)30-11-10-28(19)20-14-18(24)17(13-22(20)29-3)15-8-6-9-16(12-15)23(25,26)27/h6,8-9,12-14,19,21H,4-5,7,10-11H2,1-3H3/t19-,21-/m1/s1. The Kier molecular flexibility index (Phi) is 6.91. The summed E-state index contributed by atoms with van der Waals surface area (Å²) in [5.74, 6) is -0.151. The monoisotopic (exact) mass is 425 g/mol. The first-order valence-electron chi connectivity index (χ1n) is 10.2. The molecule has 0 aliphatic carbocycles. The molecule has 0 N–H and O–H groups in total. The zero-order chi connectivity index (χ0) is 21.9. The Labute approximate surface area is 174 Å². The third-order valence-electron chi connectivity index (χ3n) is 5.56. The molecule has 7 heteroatoms. The minimum Gasteiger partial charge on any atom is -0.495 e. The van der Waals surface area contributed by atoms with Crippen LogP contribution in [0.2, 0.25) is 0 Å². The smallest absolute Gasteiger partial charge is 0.416 e. The summed E-state index contributed by atoms with van der Waals surface area (Å²) < 4.78 is 65.8. The molecule has 2 aromatic rings. The van der Waals surface area contributed by atoms with Crippen molar-refractivity contribution in [2.24, 2.45) is 0 Å². The SMILES string of the molecule is CCC[C@@H]1[C@@H](CC)OCCN1c1cc(F)c(-c2cccc(C(F)(F)F)c2)cc1OC. The summed E-state index contributed by atoms with van der Waals surface area (Å²) in [6.07, 6.45) is -1.77. The molecule has 3 nitrogen and oxygen atoms in total. The van der Waals surface area contributed by atoms with E-state index in [-0.39, 0.29) is 23.3 Å². The average molecular weight is 425 g/mol. The molecule has 2 aromatic carbocycles. The minimum atomic E-state index is -4.49. The van der Waals surface area contributed by atoms with Crippen LogP contribution in [0.25, 0.3) is 11.1 Å². The highest BCUT2D eigenvalue weighted by Gasteiger charge is 2.33. The van der Waals surface area contributed by atoms with Crippen molar-refractivity contribution in [3.8, 4) is 16.9 Å². The topological polar surface area (TPSA) is 21.7 Å². The van der Waals surface area contributed by atoms with Crippen LogP contribution in [-0.2, 0) is 10.9 Å². The molecule has 30 heavy (non-hydrogen) atoms. The number of morpholine rings is 1. The van der Waals surface area contributed by atoms with Crippen LogP contribution in [0.1, 0.15) is 38.7 Å². The van der Waals surface area contributed by atoms with Gasteiger partial charge in [-0.15, -0.1) is 0 Å². The highest BCUT2D eigenvalue weighted by molar-refractivity contribution is 5.73. The van der Waals surface area contributed by atoms with Gasteiger partial charge in [-0.1, -0.05) is 32.4 Å². The van der Waals surface area contributed by atoms with E-state index >= 15 is 4.39 Å². The van der Waals surface area contributed by atoms with Gasteiger partial charge < -0.3 is 14.4 Å². The van der Waals surface area contributed by atoms with Crippen molar-refractivity contribution in [1.29, 1.82) is 0 Å². The van der Waals surface area contributed by atoms with Gasteiger partial charge >= 0.3 is 6.18 Å². The number of hydrogen-bond acceptors (Lipinski definition) is 3. The highest BCUT2D eigenvalue weighted by Crippen LogP contribution is 2.40. The molecule has 1 aliphatic rings. The summed E-state index contributed by atoms with van der Waals surface area (Å²) in [4.78, 5) is 2.11. The number of halogens is 4. The van der Waals surface area contributed by atoms with E-state index in [2.05, 4.69) is 18.7 Å². The first-order chi connectivity index (χ1) is 14.3. The van der Waals surface area contributed by atoms with Crippen molar-refractivity contribution in [2.45, 2.75) is 51.4 Å². The average Bonchev–Trinajstić information content (AvgIpc) is 2.73. The molecule has 1 heterocycles. The van der Waals surface area contributed by atoms with Gasteiger partial charge in [0.05, 0.1) is 37.1 Å². The second-order valence-electron chi connectivity index (χ2n) is 7.45. The summed E-state index contributed by atoms with van der Waals surface area (Å²) in [6, 6.07) is 7.62. The van der Waals surface area contributed by atoms with Gasteiger partial charge in [0.2, 0.25) is 0 Å². The maximum atomic E-state index is 15.1. The lowest BCUT2D eigenvalue weighted by Crippen LogP contribution is -2.51. The molecule has 1 saturated heterocycles. The highest BCUT2D eigenvalue weighted by atomic mass is 19.4. The fourth-order valence-corrected chi connectivity index (χ4v) is 4.12. The van der Waals surface area contributed by atoms with Crippen molar-refractivity contribution in [3.05, 3.63) is 47.8 Å². The third-order valence-corrected chi connectivity index (χ3v) is 5.56. The molecule has 2 atom stereocenters. The quantitative estimate of drug-likeness (QED) is 0.507. The van der Waals surface area contributed by atoms with E-state index in [4.69, 9.17) is 9.47 Å². The Bertz CT molecular complexity index is 869. The summed E-state index contributed by atoms with van der Waals surface area (Å²) in [5, 5.41) is 0. The molecule has 0 spiro atoms. The van der Waals surface area contributed by atoms with E-state index in [0.717, 1.165) is 31.4 Å². The Hall–Kier alpha value is -2.28. The molecule has 3 rings (SSSR count). The first-order valence-corrected chi connectivity index (χ1v) is 10.2. The van der Waals surface area contributed by atoms with E-state index in [9.17, 15) is 13.2 Å². The second kappa shape index (κ2) is 9.25. The molecule has 0 aromatic heterocycles. The number of anilines is 1. The van der Waals surface area contributed by atoms with Crippen molar-refractivity contribution in [1.82, 2.24) is 0 Å². The van der Waals surface area contributed by atoms with Gasteiger partial charge in [0, 0.05) is 18.2 Å². The van der Waals surface area contributed by atoms with Crippen LogP contribution in [-0.4, -0.2) is 32.4 Å². The summed E-state index contributed by atoms with van der Waals surface area (Å²) in [6.45, 7) is 5.28. The van der Waals surface area contributed by atoms with Gasteiger partial charge in [-0.3, -0.25) is 0 Å². The molecule has 1 aliphatic heterocycles. The van der Waals surface area contributed by atoms with Crippen molar-refractivity contribution >= 4 is 5.69 Å². The van der Waals surface area contributed by atoms with E-state index in [1.807, 2.05) is 0 Å². The number of benzene rings is 2. The Morgan fingerprint density at radius 3 is 2.57 bits per heavy atom. The van der Waals surface area contributed by atoms with Gasteiger partial charge in [0.15, 0.2) is 0 Å². The molecule has 164 valence electrons. The predicted molar refractivity (Wildman–Crippen MR) is 109 cm³/mol. The lowest BCUT2D eigenvalue weighted by molar-refractivity contribution is -0.137. The van der Waals surface area contributed by atoms with Crippen molar-refractivity contribution < 1.29 is 27.0 Å². The molecule has 0 unspecified atom stereocenters. The Morgan fingerprint density at radius 1 is 1.17 bits per heavy atom. The van der Waals surface area contributed by atoms with Crippen LogP contribution >= 0.6 is 0 Å². The predicted octanol–water partition coefficient (Wildman–Crippen LogP) is 6.30. The molecule has 0 radical (unpaired) electrons. The van der Waals surface area contributed by atoms with Crippen LogP contribution in [0.4, 0.5) is 23.2 Å². The molecule has 0 bridgehead atoms. The van der Waals surface area contributed by atoms with Crippen LogP contribution in [0.3, 0.4) is 0 Å². The zero-order valence-electron chi connectivity index (χ0n) is 17.4. The van der Waals surface area contributed by atoms with Crippen LogP contribution < -0.4 is 9.64 Å². The molecule has 0 saturated carbocycles. The summed E-state index contributed by atoms with van der Waals surface area (Å²) in [7, 11) is 1.49. The maximum absolute atomic E-state index is 15.1. The van der Waals surface area contributed by atoms with E-state index in [0.29, 0.717) is 24.6 Å². The maximum Gasteiger partial charge on any atom is 0.416 e. The summed E-state index contributed by atoms with van der Waals surface area (Å²) in [5.41, 5.74) is 0.0232. The number of alkyl halides is 3. The first kappa shape index (κ1) is 22.4. The van der Waals surface area contributed by atoms with E-state index in [1.54, 1.807) is 0 Å². The van der Waals surface area contributed by atoms with Gasteiger partial charge in [0.25, 0.3) is 0 Å². The van der Waals surface area contributed by atoms with Crippen LogP contribution in [0, 0.1) is 5.82 Å². The van der Waals surface area contributed by atoms with E-state index < -0.39 is 17.6 Å². The molecule has 0 amide bonds. The number of ether oxygens (including phenoxy) is 2. The van der Waals surface area contributed by atoms with E-state index in [1.165, 1.54) is 31.4 Å². The van der Waals surface area contributed by atoms with Crippen LogP contribution in [0.15, 0.2) is 36.4 Å².